The first-order valence-corrected chi connectivity index (χ1v) is 6.15. The predicted octanol–water partition coefficient (Wildman–Crippen LogP) is 0.813. The minimum Gasteiger partial charge on any atom is -0.454 e. The minimum absolute atomic E-state index is 0.0566. The van der Waals surface area contributed by atoms with Crippen LogP contribution in [0.3, 0.4) is 0 Å². The lowest BCUT2D eigenvalue weighted by Gasteiger charge is -2.05. The summed E-state index contributed by atoms with van der Waals surface area (Å²) in [5.74, 6) is 1.59. The Kier molecular flexibility index (Phi) is 4.41. The Morgan fingerprint density at radius 3 is 3.00 bits per heavy atom. The summed E-state index contributed by atoms with van der Waals surface area (Å²) in [4.78, 5) is 11.5. The fourth-order valence-corrected chi connectivity index (χ4v) is 1.77. The maximum atomic E-state index is 11.5. The number of nitrogens with one attached hydrogen (secondary N) is 1. The van der Waals surface area contributed by atoms with Crippen molar-refractivity contribution in [2.75, 3.05) is 19.9 Å². The topological polar surface area (TPSA) is 73.6 Å². The molecule has 1 heterocycles. The number of fused-ring (bicyclic) bond motifs is 1. The van der Waals surface area contributed by atoms with Crippen LogP contribution in [0.2, 0.25) is 0 Å². The molecule has 0 saturated carbocycles. The zero-order valence-corrected chi connectivity index (χ0v) is 10.3. The number of amides is 1. The third kappa shape index (κ3) is 3.37. The summed E-state index contributed by atoms with van der Waals surface area (Å²) in [6.07, 6.45) is 1.99. The Balaban J connectivity index is 1.78. The highest BCUT2D eigenvalue weighted by atomic mass is 16.7. The molecule has 2 rings (SSSR count). The molecule has 18 heavy (non-hydrogen) atoms. The van der Waals surface area contributed by atoms with Crippen molar-refractivity contribution in [1.29, 1.82) is 0 Å². The Labute approximate surface area is 106 Å². The zero-order chi connectivity index (χ0) is 12.8. The Morgan fingerprint density at radius 1 is 1.33 bits per heavy atom. The third-order valence-corrected chi connectivity index (χ3v) is 2.78. The molecule has 0 bridgehead atoms. The van der Waals surface area contributed by atoms with Crippen LogP contribution >= 0.6 is 0 Å². The van der Waals surface area contributed by atoms with Gasteiger partial charge in [0.1, 0.15) is 0 Å². The fourth-order valence-electron chi connectivity index (χ4n) is 1.77. The highest BCUT2D eigenvalue weighted by Gasteiger charge is 2.13. The van der Waals surface area contributed by atoms with Crippen LogP contribution < -0.4 is 20.5 Å². The van der Waals surface area contributed by atoms with Crippen LogP contribution in [0, 0.1) is 0 Å². The van der Waals surface area contributed by atoms with Gasteiger partial charge in [-0.15, -0.1) is 0 Å². The van der Waals surface area contributed by atoms with Crippen molar-refractivity contribution in [2.45, 2.75) is 19.3 Å². The van der Waals surface area contributed by atoms with Crippen molar-refractivity contribution in [3.63, 3.8) is 0 Å². The van der Waals surface area contributed by atoms with Gasteiger partial charge in [0.05, 0.1) is 0 Å². The van der Waals surface area contributed by atoms with Crippen LogP contribution in [0.1, 0.15) is 18.4 Å². The molecule has 1 amide bonds. The van der Waals surface area contributed by atoms with Crippen molar-refractivity contribution >= 4 is 5.91 Å². The number of benzene rings is 1. The van der Waals surface area contributed by atoms with Crippen LogP contribution in [0.25, 0.3) is 0 Å². The summed E-state index contributed by atoms with van der Waals surface area (Å²) in [5.41, 5.74) is 6.43. The van der Waals surface area contributed by atoms with Gasteiger partial charge in [-0.3, -0.25) is 4.79 Å². The van der Waals surface area contributed by atoms with E-state index in [1.54, 1.807) is 0 Å². The van der Waals surface area contributed by atoms with Crippen molar-refractivity contribution < 1.29 is 14.3 Å². The van der Waals surface area contributed by atoms with Gasteiger partial charge in [0, 0.05) is 13.0 Å². The second-order valence-corrected chi connectivity index (χ2v) is 4.18. The zero-order valence-electron chi connectivity index (χ0n) is 10.3. The first-order chi connectivity index (χ1) is 8.79. The molecule has 0 spiro atoms. The Morgan fingerprint density at radius 2 is 2.17 bits per heavy atom. The van der Waals surface area contributed by atoms with Crippen molar-refractivity contribution in [3.8, 4) is 11.5 Å². The van der Waals surface area contributed by atoms with Gasteiger partial charge in [0.2, 0.25) is 12.7 Å². The van der Waals surface area contributed by atoms with Gasteiger partial charge in [0.15, 0.2) is 11.5 Å². The van der Waals surface area contributed by atoms with E-state index < -0.39 is 0 Å². The molecule has 0 radical (unpaired) electrons. The lowest BCUT2D eigenvalue weighted by molar-refractivity contribution is -0.121. The van der Waals surface area contributed by atoms with Crippen LogP contribution in [0.5, 0.6) is 11.5 Å². The lowest BCUT2D eigenvalue weighted by atomic mass is 10.1. The van der Waals surface area contributed by atoms with E-state index in [-0.39, 0.29) is 12.7 Å². The molecule has 5 heteroatoms. The van der Waals surface area contributed by atoms with Gasteiger partial charge in [-0.25, -0.2) is 0 Å². The average molecular weight is 250 g/mol. The van der Waals surface area contributed by atoms with E-state index in [9.17, 15) is 4.79 Å². The van der Waals surface area contributed by atoms with E-state index >= 15 is 0 Å². The first-order valence-electron chi connectivity index (χ1n) is 6.15. The molecule has 1 aliphatic rings. The predicted molar refractivity (Wildman–Crippen MR) is 67.6 cm³/mol. The number of carbonyl (C=O) groups excluding carboxylic acids is 1. The molecule has 0 aliphatic carbocycles. The standard InChI is InChI=1S/C13H18N2O3/c14-6-1-7-15-13(16)5-3-10-2-4-11-12(8-10)18-9-17-11/h2,4,8H,1,3,5-7,9,14H2,(H,15,16). The number of nitrogens with two attached hydrogens (primary N) is 1. The maximum absolute atomic E-state index is 11.5. The summed E-state index contributed by atoms with van der Waals surface area (Å²) in [7, 11) is 0. The van der Waals surface area contributed by atoms with E-state index in [0.29, 0.717) is 25.9 Å². The smallest absolute Gasteiger partial charge is 0.231 e. The summed E-state index contributed by atoms with van der Waals surface area (Å²) >= 11 is 0. The van der Waals surface area contributed by atoms with Gasteiger partial charge < -0.3 is 20.5 Å². The quantitative estimate of drug-likeness (QED) is 0.733. The van der Waals surface area contributed by atoms with Crippen molar-refractivity contribution in [3.05, 3.63) is 23.8 Å². The maximum Gasteiger partial charge on any atom is 0.231 e. The molecule has 1 aromatic rings. The monoisotopic (exact) mass is 250 g/mol. The summed E-state index contributed by atoms with van der Waals surface area (Å²) in [5, 5.41) is 2.83. The number of hydrogen-bond donors (Lipinski definition) is 2. The SMILES string of the molecule is NCCCNC(=O)CCc1ccc2c(c1)OCO2. The number of aryl methyl sites for hydroxylation is 1. The van der Waals surface area contributed by atoms with E-state index in [2.05, 4.69) is 5.32 Å². The molecule has 5 nitrogen and oxygen atoms in total. The van der Waals surface area contributed by atoms with Gasteiger partial charge in [-0.1, -0.05) is 6.07 Å². The van der Waals surface area contributed by atoms with Gasteiger partial charge in [0.25, 0.3) is 0 Å². The molecule has 3 N–H and O–H groups in total. The first kappa shape index (κ1) is 12.7. The number of ether oxygens (including phenoxy) is 2. The van der Waals surface area contributed by atoms with Crippen LogP contribution in [-0.4, -0.2) is 25.8 Å². The lowest BCUT2D eigenvalue weighted by Crippen LogP contribution is -2.26. The van der Waals surface area contributed by atoms with Gasteiger partial charge in [-0.2, -0.15) is 0 Å². The number of carbonyl (C=O) groups is 1. The Bertz CT molecular complexity index is 421. The fraction of sp³-hybridized carbons (Fsp3) is 0.462. The molecule has 0 unspecified atom stereocenters. The van der Waals surface area contributed by atoms with E-state index in [4.69, 9.17) is 15.2 Å². The van der Waals surface area contributed by atoms with Gasteiger partial charge in [-0.05, 0) is 37.1 Å². The molecular formula is C13H18N2O3. The van der Waals surface area contributed by atoms with Crippen molar-refractivity contribution in [2.24, 2.45) is 5.73 Å². The van der Waals surface area contributed by atoms with Crippen LogP contribution in [-0.2, 0) is 11.2 Å². The molecule has 1 aliphatic heterocycles. The Hall–Kier alpha value is -1.75. The molecule has 0 aromatic heterocycles. The van der Waals surface area contributed by atoms with E-state index in [1.165, 1.54) is 0 Å². The van der Waals surface area contributed by atoms with Crippen LogP contribution in [0.15, 0.2) is 18.2 Å². The highest BCUT2D eigenvalue weighted by Crippen LogP contribution is 2.32. The molecular weight excluding hydrogens is 232 g/mol. The second kappa shape index (κ2) is 6.26. The average Bonchev–Trinajstić information content (AvgIpc) is 2.84. The van der Waals surface area contributed by atoms with Crippen LogP contribution in [0.4, 0.5) is 0 Å². The third-order valence-electron chi connectivity index (χ3n) is 2.78. The molecule has 98 valence electrons. The summed E-state index contributed by atoms with van der Waals surface area (Å²) in [6, 6.07) is 5.76. The second-order valence-electron chi connectivity index (χ2n) is 4.18. The normalized spacial score (nSPS) is 12.5. The molecule has 0 saturated heterocycles. The summed E-state index contributed by atoms with van der Waals surface area (Å²) < 4.78 is 10.5. The van der Waals surface area contributed by atoms with Crippen molar-refractivity contribution in [1.82, 2.24) is 5.32 Å². The van der Waals surface area contributed by atoms with Gasteiger partial charge >= 0.3 is 0 Å². The molecule has 0 fully saturated rings. The van der Waals surface area contributed by atoms with E-state index in [1.807, 2.05) is 18.2 Å². The number of hydrogen-bond acceptors (Lipinski definition) is 4. The largest absolute Gasteiger partial charge is 0.454 e. The minimum atomic E-state index is 0.0566. The number of rotatable bonds is 6. The molecule has 1 aromatic carbocycles. The molecule has 0 atom stereocenters. The van der Waals surface area contributed by atoms with E-state index in [0.717, 1.165) is 23.5 Å². The summed E-state index contributed by atoms with van der Waals surface area (Å²) in [6.45, 7) is 1.53. The highest BCUT2D eigenvalue weighted by molar-refractivity contribution is 5.76.